The van der Waals surface area contributed by atoms with Crippen LogP contribution in [-0.2, 0) is 4.79 Å². The van der Waals surface area contributed by atoms with Crippen molar-refractivity contribution >= 4 is 41.5 Å². The van der Waals surface area contributed by atoms with Gasteiger partial charge in [0.05, 0.1) is 0 Å². The van der Waals surface area contributed by atoms with E-state index in [9.17, 15) is 4.79 Å². The van der Waals surface area contributed by atoms with Gasteiger partial charge in [0, 0.05) is 23.1 Å². The fourth-order valence-corrected chi connectivity index (χ4v) is 3.10. The van der Waals surface area contributed by atoms with Crippen molar-refractivity contribution < 1.29 is 9.53 Å². The smallest absolute Gasteiger partial charge is 0.260 e. The molecule has 1 aromatic rings. The van der Waals surface area contributed by atoms with Crippen LogP contribution in [0.15, 0.2) is 18.2 Å². The predicted octanol–water partition coefficient (Wildman–Crippen LogP) is 3.25. The Labute approximate surface area is 147 Å². The molecule has 0 saturated carbocycles. The number of likely N-dealkylation sites (tertiary alicyclic amines) is 1. The second-order valence-electron chi connectivity index (χ2n) is 5.30. The van der Waals surface area contributed by atoms with Crippen LogP contribution >= 0.6 is 35.6 Å². The third-order valence-corrected chi connectivity index (χ3v) is 4.00. The molecule has 0 aromatic heterocycles. The summed E-state index contributed by atoms with van der Waals surface area (Å²) in [5.41, 5.74) is 0. The molecule has 1 aliphatic rings. The molecule has 0 radical (unpaired) electrons. The summed E-state index contributed by atoms with van der Waals surface area (Å²) in [6, 6.07) is 4.94. The number of amides is 1. The Hall–Kier alpha value is -0.680. The van der Waals surface area contributed by atoms with Gasteiger partial charge in [-0.25, -0.2) is 0 Å². The molecule has 1 atom stereocenters. The number of nitrogens with zero attached hydrogens (tertiary/aromatic N) is 1. The van der Waals surface area contributed by atoms with Crippen LogP contribution in [0.25, 0.3) is 0 Å². The van der Waals surface area contributed by atoms with Crippen molar-refractivity contribution in [3.8, 4) is 5.75 Å². The fraction of sp³-hybridized carbons (Fsp3) is 0.533. The van der Waals surface area contributed by atoms with Gasteiger partial charge in [0.25, 0.3) is 5.91 Å². The average molecular weight is 368 g/mol. The molecule has 0 aliphatic carbocycles. The molecule has 1 aliphatic heterocycles. The van der Waals surface area contributed by atoms with E-state index in [0.717, 1.165) is 32.5 Å². The van der Waals surface area contributed by atoms with Gasteiger partial charge in [0.15, 0.2) is 6.61 Å². The number of hydrogen-bond acceptors (Lipinski definition) is 3. The van der Waals surface area contributed by atoms with Gasteiger partial charge < -0.3 is 15.0 Å². The summed E-state index contributed by atoms with van der Waals surface area (Å²) in [6.07, 6.45) is 2.20. The number of piperidine rings is 1. The van der Waals surface area contributed by atoms with E-state index in [1.807, 2.05) is 11.9 Å². The van der Waals surface area contributed by atoms with Crippen molar-refractivity contribution in [3.63, 3.8) is 0 Å². The van der Waals surface area contributed by atoms with Crippen LogP contribution in [0.2, 0.25) is 10.0 Å². The average Bonchev–Trinajstić information content (AvgIpc) is 2.44. The lowest BCUT2D eigenvalue weighted by molar-refractivity contribution is -0.135. The number of carbonyl (C=O) groups is 1. The Morgan fingerprint density at radius 3 is 2.68 bits per heavy atom. The van der Waals surface area contributed by atoms with Crippen molar-refractivity contribution in [2.24, 2.45) is 5.92 Å². The summed E-state index contributed by atoms with van der Waals surface area (Å²) >= 11 is 11.8. The molecule has 0 spiro atoms. The number of halogens is 3. The molecular weight excluding hydrogens is 347 g/mol. The lowest BCUT2D eigenvalue weighted by Gasteiger charge is -2.32. The quantitative estimate of drug-likeness (QED) is 0.868. The summed E-state index contributed by atoms with van der Waals surface area (Å²) in [5, 5.41) is 4.16. The van der Waals surface area contributed by atoms with Gasteiger partial charge in [0.1, 0.15) is 5.75 Å². The first-order valence-corrected chi connectivity index (χ1v) is 7.85. The number of ether oxygens (including phenoxy) is 1. The Bertz CT molecular complexity index is 477. The standard InChI is InChI=1S/C15H20Cl2N2O2.ClH/c1-18-8-11-3-2-4-19(9-11)15(20)10-21-14-6-12(16)5-13(17)7-14;/h5-7,11,18H,2-4,8-10H2,1H3;1H. The van der Waals surface area contributed by atoms with Gasteiger partial charge in [-0.1, -0.05) is 23.2 Å². The lowest BCUT2D eigenvalue weighted by atomic mass is 9.98. The molecule has 0 bridgehead atoms. The van der Waals surface area contributed by atoms with E-state index in [2.05, 4.69) is 5.32 Å². The highest BCUT2D eigenvalue weighted by molar-refractivity contribution is 6.34. The van der Waals surface area contributed by atoms with E-state index >= 15 is 0 Å². The van der Waals surface area contributed by atoms with Crippen LogP contribution < -0.4 is 10.1 Å². The van der Waals surface area contributed by atoms with Crippen LogP contribution in [0.4, 0.5) is 0 Å². The van der Waals surface area contributed by atoms with Gasteiger partial charge in [-0.05, 0) is 50.6 Å². The lowest BCUT2D eigenvalue weighted by Crippen LogP contribution is -2.44. The van der Waals surface area contributed by atoms with E-state index in [0.29, 0.717) is 21.7 Å². The minimum atomic E-state index is 0. The summed E-state index contributed by atoms with van der Waals surface area (Å²) in [7, 11) is 1.94. The number of carbonyl (C=O) groups excluding carboxylic acids is 1. The topological polar surface area (TPSA) is 41.6 Å². The van der Waals surface area contributed by atoms with E-state index in [1.165, 1.54) is 0 Å². The number of benzene rings is 1. The molecule has 1 N–H and O–H groups in total. The van der Waals surface area contributed by atoms with E-state index < -0.39 is 0 Å². The van der Waals surface area contributed by atoms with Crippen LogP contribution in [0.5, 0.6) is 5.75 Å². The number of rotatable bonds is 5. The highest BCUT2D eigenvalue weighted by atomic mass is 35.5. The second-order valence-corrected chi connectivity index (χ2v) is 6.17. The number of nitrogens with one attached hydrogen (secondary N) is 1. The molecule has 2 rings (SSSR count). The molecule has 1 fully saturated rings. The minimum absolute atomic E-state index is 0. The maximum absolute atomic E-state index is 12.2. The van der Waals surface area contributed by atoms with Crippen LogP contribution in [-0.4, -0.2) is 44.1 Å². The van der Waals surface area contributed by atoms with E-state index in [-0.39, 0.29) is 24.9 Å². The minimum Gasteiger partial charge on any atom is -0.484 e. The maximum Gasteiger partial charge on any atom is 0.260 e. The highest BCUT2D eigenvalue weighted by Gasteiger charge is 2.23. The highest BCUT2D eigenvalue weighted by Crippen LogP contribution is 2.24. The zero-order valence-corrected chi connectivity index (χ0v) is 14.8. The fourth-order valence-electron chi connectivity index (χ4n) is 2.60. The zero-order chi connectivity index (χ0) is 15.2. The molecule has 22 heavy (non-hydrogen) atoms. The SMILES string of the molecule is CNCC1CCCN(C(=O)COc2cc(Cl)cc(Cl)c2)C1.Cl. The first-order valence-electron chi connectivity index (χ1n) is 7.09. The Morgan fingerprint density at radius 2 is 2.05 bits per heavy atom. The van der Waals surface area contributed by atoms with E-state index in [1.54, 1.807) is 18.2 Å². The maximum atomic E-state index is 12.2. The molecule has 124 valence electrons. The van der Waals surface area contributed by atoms with Gasteiger partial charge in [-0.3, -0.25) is 4.79 Å². The third kappa shape index (κ3) is 5.84. The monoisotopic (exact) mass is 366 g/mol. The first-order chi connectivity index (χ1) is 10.1. The summed E-state index contributed by atoms with van der Waals surface area (Å²) in [4.78, 5) is 14.1. The number of hydrogen-bond donors (Lipinski definition) is 1. The van der Waals surface area contributed by atoms with Crippen LogP contribution in [0.1, 0.15) is 12.8 Å². The van der Waals surface area contributed by atoms with Crippen molar-refractivity contribution in [1.82, 2.24) is 10.2 Å². The molecular formula is C15H21Cl3N2O2. The molecule has 1 aromatic carbocycles. The van der Waals surface area contributed by atoms with Gasteiger partial charge in [-0.2, -0.15) is 0 Å². The van der Waals surface area contributed by atoms with Crippen molar-refractivity contribution in [1.29, 1.82) is 0 Å². The Balaban J connectivity index is 0.00000242. The summed E-state index contributed by atoms with van der Waals surface area (Å²) in [6.45, 7) is 2.55. The Kier molecular flexibility index (Phi) is 8.33. The Morgan fingerprint density at radius 1 is 1.36 bits per heavy atom. The van der Waals surface area contributed by atoms with Gasteiger partial charge in [0.2, 0.25) is 0 Å². The predicted molar refractivity (Wildman–Crippen MR) is 92.4 cm³/mol. The zero-order valence-electron chi connectivity index (χ0n) is 12.5. The molecule has 4 nitrogen and oxygen atoms in total. The summed E-state index contributed by atoms with van der Waals surface area (Å²) < 4.78 is 5.50. The van der Waals surface area contributed by atoms with Gasteiger partial charge in [-0.15, -0.1) is 12.4 Å². The molecule has 1 amide bonds. The molecule has 7 heteroatoms. The molecule has 1 saturated heterocycles. The normalized spacial score (nSPS) is 17.8. The van der Waals surface area contributed by atoms with Crippen molar-refractivity contribution in [3.05, 3.63) is 28.2 Å². The molecule has 1 unspecified atom stereocenters. The third-order valence-electron chi connectivity index (χ3n) is 3.56. The van der Waals surface area contributed by atoms with E-state index in [4.69, 9.17) is 27.9 Å². The first kappa shape index (κ1) is 19.4. The largest absolute Gasteiger partial charge is 0.484 e. The molecule has 1 heterocycles. The van der Waals surface area contributed by atoms with Crippen LogP contribution in [0.3, 0.4) is 0 Å². The van der Waals surface area contributed by atoms with Gasteiger partial charge >= 0.3 is 0 Å². The van der Waals surface area contributed by atoms with Crippen molar-refractivity contribution in [2.75, 3.05) is 33.3 Å². The van der Waals surface area contributed by atoms with Crippen LogP contribution in [0, 0.1) is 5.92 Å². The summed E-state index contributed by atoms with van der Waals surface area (Å²) in [5.74, 6) is 1.05. The van der Waals surface area contributed by atoms with Crippen molar-refractivity contribution in [2.45, 2.75) is 12.8 Å². The second kappa shape index (κ2) is 9.46.